The molecule has 6 nitrogen and oxygen atoms in total. The first-order valence-electron chi connectivity index (χ1n) is 7.39. The molecule has 0 fully saturated rings. The van der Waals surface area contributed by atoms with Crippen molar-refractivity contribution in [1.82, 2.24) is 9.97 Å². The van der Waals surface area contributed by atoms with Gasteiger partial charge in [-0.2, -0.15) is 0 Å². The number of aromatic nitrogens is 2. The summed E-state index contributed by atoms with van der Waals surface area (Å²) in [5, 5.41) is 0.000484. The summed E-state index contributed by atoms with van der Waals surface area (Å²) in [6.07, 6.45) is 1.09. The SMILES string of the molecule is Nc1nc(-c2ccco2)c2c(n1)C(Cc1ccc(F)c(Cl)c1)OC2=O. The van der Waals surface area contributed by atoms with Crippen LogP contribution in [0.2, 0.25) is 5.02 Å². The van der Waals surface area contributed by atoms with Gasteiger partial charge in [0.05, 0.1) is 11.3 Å². The summed E-state index contributed by atoms with van der Waals surface area (Å²) in [5.41, 5.74) is 7.38. The van der Waals surface area contributed by atoms with Crippen LogP contribution in [0.15, 0.2) is 41.0 Å². The minimum absolute atomic E-state index is 0.000484. The molecule has 4 rings (SSSR count). The third kappa shape index (κ3) is 2.72. The smallest absolute Gasteiger partial charge is 0.343 e. The van der Waals surface area contributed by atoms with E-state index in [1.54, 1.807) is 18.2 Å². The molecule has 0 saturated carbocycles. The Labute approximate surface area is 146 Å². The van der Waals surface area contributed by atoms with Crippen molar-refractivity contribution in [3.05, 3.63) is 64.3 Å². The molecule has 1 aliphatic heterocycles. The molecule has 1 aromatic carbocycles. The zero-order valence-corrected chi connectivity index (χ0v) is 13.5. The van der Waals surface area contributed by atoms with Crippen molar-refractivity contribution >= 4 is 23.5 Å². The summed E-state index contributed by atoms with van der Waals surface area (Å²) in [4.78, 5) is 20.6. The second-order valence-corrected chi connectivity index (χ2v) is 5.92. The van der Waals surface area contributed by atoms with E-state index in [-0.39, 0.29) is 28.6 Å². The lowest BCUT2D eigenvalue weighted by Crippen LogP contribution is -2.07. The van der Waals surface area contributed by atoms with Crippen LogP contribution in [0.5, 0.6) is 0 Å². The molecule has 1 unspecified atom stereocenters. The fraction of sp³-hybridized carbons (Fsp3) is 0.118. The number of nitrogen functional groups attached to an aromatic ring is 1. The van der Waals surface area contributed by atoms with Crippen LogP contribution in [0, 0.1) is 5.82 Å². The number of ether oxygens (including phenoxy) is 1. The number of rotatable bonds is 3. The number of anilines is 1. The Morgan fingerprint density at radius 3 is 2.84 bits per heavy atom. The number of nitrogens with zero attached hydrogens (tertiary/aromatic N) is 2. The van der Waals surface area contributed by atoms with Crippen LogP contribution in [0.1, 0.15) is 27.7 Å². The van der Waals surface area contributed by atoms with E-state index in [4.69, 9.17) is 26.5 Å². The second kappa shape index (κ2) is 5.86. The van der Waals surface area contributed by atoms with E-state index in [1.165, 1.54) is 18.4 Å². The molecule has 0 amide bonds. The molecule has 3 aromatic rings. The highest BCUT2D eigenvalue weighted by Crippen LogP contribution is 2.37. The number of halogens is 2. The quantitative estimate of drug-likeness (QED) is 0.719. The van der Waals surface area contributed by atoms with E-state index in [0.29, 0.717) is 17.0 Å². The number of benzene rings is 1. The largest absolute Gasteiger partial charge is 0.463 e. The number of furan rings is 1. The first kappa shape index (κ1) is 15.6. The van der Waals surface area contributed by atoms with Crippen molar-refractivity contribution in [3.8, 4) is 11.5 Å². The van der Waals surface area contributed by atoms with Gasteiger partial charge < -0.3 is 14.9 Å². The molecule has 2 aromatic heterocycles. The summed E-state index contributed by atoms with van der Waals surface area (Å²) < 4.78 is 24.1. The highest BCUT2D eigenvalue weighted by molar-refractivity contribution is 6.30. The van der Waals surface area contributed by atoms with Crippen LogP contribution in [-0.4, -0.2) is 15.9 Å². The Morgan fingerprint density at radius 1 is 1.28 bits per heavy atom. The molecule has 1 atom stereocenters. The molecular formula is C17H11ClFN3O3. The summed E-state index contributed by atoms with van der Waals surface area (Å²) in [6.45, 7) is 0. The minimum Gasteiger partial charge on any atom is -0.463 e. The van der Waals surface area contributed by atoms with Gasteiger partial charge in [0, 0.05) is 6.42 Å². The Bertz CT molecular complexity index is 976. The van der Waals surface area contributed by atoms with E-state index < -0.39 is 17.9 Å². The molecule has 0 radical (unpaired) electrons. The lowest BCUT2D eigenvalue weighted by molar-refractivity contribution is 0.0382. The average Bonchev–Trinajstić information content (AvgIpc) is 3.20. The van der Waals surface area contributed by atoms with Gasteiger partial charge in [-0.25, -0.2) is 19.2 Å². The first-order chi connectivity index (χ1) is 12.0. The average molecular weight is 360 g/mol. The van der Waals surface area contributed by atoms with Crippen LogP contribution < -0.4 is 5.73 Å². The third-order valence-electron chi connectivity index (χ3n) is 3.87. The van der Waals surface area contributed by atoms with Crippen molar-refractivity contribution < 1.29 is 18.3 Å². The topological polar surface area (TPSA) is 91.2 Å². The van der Waals surface area contributed by atoms with Crippen molar-refractivity contribution in [3.63, 3.8) is 0 Å². The Balaban J connectivity index is 1.76. The fourth-order valence-electron chi connectivity index (χ4n) is 2.78. The lowest BCUT2D eigenvalue weighted by Gasteiger charge is -2.11. The monoisotopic (exact) mass is 359 g/mol. The van der Waals surface area contributed by atoms with Crippen molar-refractivity contribution in [2.24, 2.45) is 0 Å². The first-order valence-corrected chi connectivity index (χ1v) is 7.77. The lowest BCUT2D eigenvalue weighted by atomic mass is 10.0. The van der Waals surface area contributed by atoms with Crippen LogP contribution in [0.4, 0.5) is 10.3 Å². The summed E-state index contributed by atoms with van der Waals surface area (Å²) >= 11 is 5.81. The summed E-state index contributed by atoms with van der Waals surface area (Å²) in [6, 6.07) is 7.67. The molecule has 0 spiro atoms. The number of nitrogens with two attached hydrogens (primary N) is 1. The zero-order chi connectivity index (χ0) is 17.6. The van der Waals surface area contributed by atoms with Crippen LogP contribution in [0.25, 0.3) is 11.5 Å². The maximum atomic E-state index is 13.3. The number of carbonyl (C=O) groups excluding carboxylic acids is 1. The van der Waals surface area contributed by atoms with Gasteiger partial charge in [0.15, 0.2) is 5.76 Å². The number of esters is 1. The fourth-order valence-corrected chi connectivity index (χ4v) is 2.99. The van der Waals surface area contributed by atoms with E-state index in [9.17, 15) is 9.18 Å². The van der Waals surface area contributed by atoms with Gasteiger partial charge in [0.2, 0.25) is 5.95 Å². The van der Waals surface area contributed by atoms with Gasteiger partial charge in [-0.3, -0.25) is 0 Å². The van der Waals surface area contributed by atoms with Crippen LogP contribution >= 0.6 is 11.6 Å². The molecule has 0 saturated heterocycles. The van der Waals surface area contributed by atoms with Crippen molar-refractivity contribution in [2.45, 2.75) is 12.5 Å². The standard InChI is InChI=1S/C17H11ClFN3O3/c18-9-6-8(3-4-10(9)19)7-12-15-13(16(23)25-12)14(21-17(20)22-15)11-2-1-5-24-11/h1-6,12H,7H2,(H2,20,21,22). The second-order valence-electron chi connectivity index (χ2n) is 5.51. The van der Waals surface area contributed by atoms with E-state index in [1.807, 2.05) is 0 Å². The molecular weight excluding hydrogens is 349 g/mol. The normalized spacial score (nSPS) is 15.9. The van der Waals surface area contributed by atoms with Gasteiger partial charge in [-0.1, -0.05) is 17.7 Å². The molecule has 3 heterocycles. The zero-order valence-electron chi connectivity index (χ0n) is 12.7. The predicted octanol–water partition coefficient (Wildman–Crippen LogP) is 3.57. The number of hydrogen-bond donors (Lipinski definition) is 1. The predicted molar refractivity (Wildman–Crippen MR) is 87.4 cm³/mol. The highest BCUT2D eigenvalue weighted by Gasteiger charge is 2.37. The van der Waals surface area contributed by atoms with E-state index in [2.05, 4.69) is 9.97 Å². The van der Waals surface area contributed by atoms with Gasteiger partial charge >= 0.3 is 5.97 Å². The molecule has 1 aliphatic rings. The molecule has 2 N–H and O–H groups in total. The number of cyclic esters (lactones) is 1. The Kier molecular flexibility index (Phi) is 3.65. The van der Waals surface area contributed by atoms with Crippen molar-refractivity contribution in [2.75, 3.05) is 5.73 Å². The highest BCUT2D eigenvalue weighted by atomic mass is 35.5. The molecule has 126 valence electrons. The molecule has 0 bridgehead atoms. The number of hydrogen-bond acceptors (Lipinski definition) is 6. The molecule has 0 aliphatic carbocycles. The third-order valence-corrected chi connectivity index (χ3v) is 4.16. The maximum Gasteiger partial charge on any atom is 0.343 e. The maximum absolute atomic E-state index is 13.3. The summed E-state index contributed by atoms with van der Waals surface area (Å²) in [7, 11) is 0. The van der Waals surface area contributed by atoms with Gasteiger partial charge in [-0.15, -0.1) is 0 Å². The Hall–Kier alpha value is -2.93. The summed E-state index contributed by atoms with van der Waals surface area (Å²) in [5.74, 6) is -0.668. The van der Waals surface area contributed by atoms with Gasteiger partial charge in [0.25, 0.3) is 0 Å². The molecule has 25 heavy (non-hydrogen) atoms. The van der Waals surface area contributed by atoms with E-state index in [0.717, 1.165) is 0 Å². The van der Waals surface area contributed by atoms with Crippen molar-refractivity contribution in [1.29, 1.82) is 0 Å². The Morgan fingerprint density at radius 2 is 2.12 bits per heavy atom. The van der Waals surface area contributed by atoms with E-state index >= 15 is 0 Å². The van der Waals surface area contributed by atoms with Gasteiger partial charge in [-0.05, 0) is 29.8 Å². The number of fused-ring (bicyclic) bond motifs is 1. The van der Waals surface area contributed by atoms with Crippen LogP contribution in [0.3, 0.4) is 0 Å². The molecule has 8 heteroatoms. The van der Waals surface area contributed by atoms with Gasteiger partial charge in [0.1, 0.15) is 28.9 Å². The minimum atomic E-state index is -0.664. The number of carbonyl (C=O) groups is 1. The van der Waals surface area contributed by atoms with Crippen LogP contribution in [-0.2, 0) is 11.2 Å².